The summed E-state index contributed by atoms with van der Waals surface area (Å²) in [5, 5.41) is 13.3. The van der Waals surface area contributed by atoms with Crippen LogP contribution in [0.2, 0.25) is 0 Å². The van der Waals surface area contributed by atoms with Crippen molar-refractivity contribution in [2.45, 2.75) is 18.7 Å². The summed E-state index contributed by atoms with van der Waals surface area (Å²) in [5.41, 5.74) is 2.76. The molecule has 0 saturated carbocycles. The Balaban J connectivity index is 1.90. The Morgan fingerprint density at radius 2 is 1.95 bits per heavy atom. The summed E-state index contributed by atoms with van der Waals surface area (Å²) in [5.74, 6) is 0.498. The summed E-state index contributed by atoms with van der Waals surface area (Å²) in [6, 6.07) is 13.0. The first kappa shape index (κ1) is 15.9. The Labute approximate surface area is 134 Å². The first-order valence-electron chi connectivity index (χ1n) is 6.74. The highest BCUT2D eigenvalue weighted by molar-refractivity contribution is 8.03. The number of thioether (sulfide) groups is 1. The van der Waals surface area contributed by atoms with Crippen LogP contribution in [0.5, 0.6) is 5.75 Å². The molecule has 2 aromatic rings. The normalized spacial score (nSPS) is 9.86. The molecule has 0 atom stereocenters. The predicted octanol–water partition coefficient (Wildman–Crippen LogP) is 3.89. The van der Waals surface area contributed by atoms with Crippen LogP contribution >= 0.6 is 11.8 Å². The third-order valence-electron chi connectivity index (χ3n) is 3.00. The van der Waals surface area contributed by atoms with Crippen LogP contribution in [0.1, 0.15) is 11.1 Å². The van der Waals surface area contributed by atoms with Crippen molar-refractivity contribution in [3.63, 3.8) is 0 Å². The molecule has 0 fully saturated rings. The van der Waals surface area contributed by atoms with Gasteiger partial charge in [0.2, 0.25) is 0 Å². The van der Waals surface area contributed by atoms with Crippen LogP contribution in [-0.2, 0) is 4.79 Å². The monoisotopic (exact) mass is 312 g/mol. The molecule has 0 aliphatic carbocycles. The summed E-state index contributed by atoms with van der Waals surface area (Å²) in [4.78, 5) is 12.7. The number of nitriles is 1. The van der Waals surface area contributed by atoms with E-state index >= 15 is 0 Å². The Morgan fingerprint density at radius 3 is 2.64 bits per heavy atom. The van der Waals surface area contributed by atoms with Crippen molar-refractivity contribution in [2.24, 2.45) is 0 Å². The molecule has 0 heterocycles. The lowest BCUT2D eigenvalue weighted by atomic mass is 10.1. The van der Waals surface area contributed by atoms with E-state index in [0.717, 1.165) is 33.5 Å². The van der Waals surface area contributed by atoms with E-state index < -0.39 is 0 Å². The van der Waals surface area contributed by atoms with Crippen LogP contribution in [0.15, 0.2) is 47.4 Å². The van der Waals surface area contributed by atoms with Gasteiger partial charge in [-0.15, -0.1) is 0 Å². The quantitative estimate of drug-likeness (QED) is 0.672. The van der Waals surface area contributed by atoms with E-state index in [0.29, 0.717) is 5.69 Å². The summed E-state index contributed by atoms with van der Waals surface area (Å²) in [7, 11) is 0. The zero-order chi connectivity index (χ0) is 15.9. The topological polar surface area (TPSA) is 62.1 Å². The number of carbonyl (C=O) groups excluding carboxylic acids is 1. The molecule has 4 nitrogen and oxygen atoms in total. The molecule has 0 aliphatic heterocycles. The molecule has 0 unspecified atom stereocenters. The van der Waals surface area contributed by atoms with Gasteiger partial charge in [0.1, 0.15) is 11.2 Å². The largest absolute Gasteiger partial charge is 0.483 e. The number of amides is 1. The van der Waals surface area contributed by atoms with Gasteiger partial charge in [-0.25, -0.2) is 0 Å². The van der Waals surface area contributed by atoms with Crippen LogP contribution < -0.4 is 10.1 Å². The summed E-state index contributed by atoms with van der Waals surface area (Å²) < 4.78 is 5.55. The van der Waals surface area contributed by atoms with Crippen LogP contribution in [0, 0.1) is 24.5 Å². The highest BCUT2D eigenvalue weighted by Gasteiger charge is 2.06. The number of ether oxygens (including phenoxy) is 1. The second-order valence-corrected chi connectivity index (χ2v) is 5.68. The third kappa shape index (κ3) is 4.54. The van der Waals surface area contributed by atoms with E-state index in [9.17, 15) is 4.79 Å². The first-order chi connectivity index (χ1) is 10.6. The van der Waals surface area contributed by atoms with Gasteiger partial charge in [0, 0.05) is 10.6 Å². The number of nitrogens with zero attached hydrogens (tertiary/aromatic N) is 1. The fourth-order valence-corrected chi connectivity index (χ4v) is 2.24. The lowest BCUT2D eigenvalue weighted by Gasteiger charge is -2.10. The van der Waals surface area contributed by atoms with E-state index in [1.807, 2.05) is 37.4 Å². The molecule has 5 heteroatoms. The highest BCUT2D eigenvalue weighted by Crippen LogP contribution is 2.20. The van der Waals surface area contributed by atoms with Gasteiger partial charge in [0.25, 0.3) is 5.91 Å². The van der Waals surface area contributed by atoms with Gasteiger partial charge < -0.3 is 10.1 Å². The number of benzene rings is 2. The minimum absolute atomic E-state index is 0.0427. The molecule has 1 N–H and O–H groups in total. The van der Waals surface area contributed by atoms with Crippen molar-refractivity contribution in [2.75, 3.05) is 11.9 Å². The number of hydrogen-bond donors (Lipinski definition) is 1. The Morgan fingerprint density at radius 1 is 1.23 bits per heavy atom. The molecule has 2 rings (SSSR count). The molecule has 112 valence electrons. The van der Waals surface area contributed by atoms with Gasteiger partial charge in [-0.05, 0) is 67.1 Å². The van der Waals surface area contributed by atoms with E-state index in [1.54, 1.807) is 24.3 Å². The second-order valence-electron chi connectivity index (χ2n) is 4.82. The van der Waals surface area contributed by atoms with Gasteiger partial charge in [-0.2, -0.15) is 5.26 Å². The van der Waals surface area contributed by atoms with Crippen LogP contribution in [0.25, 0.3) is 0 Å². The Hall–Kier alpha value is -2.45. The SMILES string of the molecule is Cc1ccc(C)c(OCC(=O)Nc2ccc(SC#N)cc2)c1. The van der Waals surface area contributed by atoms with E-state index in [1.165, 1.54) is 0 Å². The van der Waals surface area contributed by atoms with E-state index in [2.05, 4.69) is 5.32 Å². The first-order valence-corrected chi connectivity index (χ1v) is 7.56. The number of anilines is 1. The fraction of sp³-hybridized carbons (Fsp3) is 0.176. The summed E-state index contributed by atoms with van der Waals surface area (Å²) in [6.07, 6.45) is 0. The van der Waals surface area contributed by atoms with Crippen molar-refractivity contribution >= 4 is 23.4 Å². The molecule has 1 amide bonds. The highest BCUT2D eigenvalue weighted by atomic mass is 32.2. The molecule has 0 bridgehead atoms. The minimum atomic E-state index is -0.221. The standard InChI is InChI=1S/C17H16N2O2S/c1-12-3-4-13(2)16(9-12)21-10-17(20)19-14-5-7-15(8-6-14)22-11-18/h3-9H,10H2,1-2H3,(H,19,20). The molecule has 2 aromatic carbocycles. The van der Waals surface area contributed by atoms with Crippen molar-refractivity contribution < 1.29 is 9.53 Å². The van der Waals surface area contributed by atoms with E-state index in [4.69, 9.17) is 10.00 Å². The molecule has 0 saturated heterocycles. The van der Waals surface area contributed by atoms with Crippen LogP contribution in [-0.4, -0.2) is 12.5 Å². The number of nitrogens with one attached hydrogen (secondary N) is 1. The molecule has 0 radical (unpaired) electrons. The average Bonchev–Trinajstić information content (AvgIpc) is 2.50. The van der Waals surface area contributed by atoms with Crippen molar-refractivity contribution in [3.8, 4) is 11.2 Å². The summed E-state index contributed by atoms with van der Waals surface area (Å²) in [6.45, 7) is 3.88. The molecule has 0 aromatic heterocycles. The van der Waals surface area contributed by atoms with Crippen molar-refractivity contribution in [3.05, 3.63) is 53.6 Å². The predicted molar refractivity (Wildman–Crippen MR) is 88.0 cm³/mol. The van der Waals surface area contributed by atoms with Crippen LogP contribution in [0.3, 0.4) is 0 Å². The maximum Gasteiger partial charge on any atom is 0.262 e. The second kappa shape index (κ2) is 7.53. The lowest BCUT2D eigenvalue weighted by Crippen LogP contribution is -2.20. The Bertz CT molecular complexity index is 706. The van der Waals surface area contributed by atoms with Gasteiger partial charge in [0.05, 0.1) is 0 Å². The number of aryl methyl sites for hydroxylation is 2. The minimum Gasteiger partial charge on any atom is -0.483 e. The lowest BCUT2D eigenvalue weighted by molar-refractivity contribution is -0.118. The molecular formula is C17H16N2O2S. The molecule has 0 spiro atoms. The van der Waals surface area contributed by atoms with Gasteiger partial charge in [-0.3, -0.25) is 4.79 Å². The number of rotatable bonds is 5. The summed E-state index contributed by atoms with van der Waals surface area (Å²) >= 11 is 1.08. The van der Waals surface area contributed by atoms with Crippen molar-refractivity contribution in [1.82, 2.24) is 0 Å². The zero-order valence-electron chi connectivity index (χ0n) is 12.4. The molecule has 0 aliphatic rings. The third-order valence-corrected chi connectivity index (χ3v) is 3.60. The maximum atomic E-state index is 11.9. The zero-order valence-corrected chi connectivity index (χ0v) is 13.2. The smallest absolute Gasteiger partial charge is 0.262 e. The molecular weight excluding hydrogens is 296 g/mol. The van der Waals surface area contributed by atoms with Gasteiger partial charge >= 0.3 is 0 Å². The van der Waals surface area contributed by atoms with Gasteiger partial charge in [-0.1, -0.05) is 12.1 Å². The van der Waals surface area contributed by atoms with E-state index in [-0.39, 0.29) is 12.5 Å². The van der Waals surface area contributed by atoms with Crippen molar-refractivity contribution in [1.29, 1.82) is 5.26 Å². The Kier molecular flexibility index (Phi) is 5.45. The maximum absolute atomic E-state index is 11.9. The molecule has 22 heavy (non-hydrogen) atoms. The number of hydrogen-bond acceptors (Lipinski definition) is 4. The average molecular weight is 312 g/mol. The number of thiocyanates is 1. The van der Waals surface area contributed by atoms with Gasteiger partial charge in [0.15, 0.2) is 6.61 Å². The number of carbonyl (C=O) groups is 1. The fourth-order valence-electron chi connectivity index (χ4n) is 1.86. The van der Waals surface area contributed by atoms with Crippen LogP contribution in [0.4, 0.5) is 5.69 Å².